The van der Waals surface area contributed by atoms with Gasteiger partial charge in [-0.1, -0.05) is 49.6 Å². The second kappa shape index (κ2) is 7.66. The number of hydrogen-bond acceptors (Lipinski definition) is 4. The Kier molecular flexibility index (Phi) is 5.57. The number of likely N-dealkylation sites (N-methyl/N-ethyl adjacent to an activating group) is 1. The molecule has 132 valence electrons. The summed E-state index contributed by atoms with van der Waals surface area (Å²) in [5.41, 5.74) is -0.104. The summed E-state index contributed by atoms with van der Waals surface area (Å²) in [6, 6.07) is 9.66. The molecule has 4 heteroatoms. The Morgan fingerprint density at radius 1 is 1.21 bits per heavy atom. The summed E-state index contributed by atoms with van der Waals surface area (Å²) in [5.74, 6) is -0.836. The lowest BCUT2D eigenvalue weighted by Gasteiger charge is -2.39. The molecule has 0 radical (unpaired) electrons. The molecule has 1 aliphatic carbocycles. The third kappa shape index (κ3) is 3.98. The number of hydrogen-bond donors (Lipinski definition) is 1. The lowest BCUT2D eigenvalue weighted by Crippen LogP contribution is -2.45. The van der Waals surface area contributed by atoms with E-state index in [1.165, 1.54) is 0 Å². The highest BCUT2D eigenvalue weighted by molar-refractivity contribution is 5.80. The second-order valence-corrected chi connectivity index (χ2v) is 7.47. The fraction of sp³-hybridized carbons (Fsp3) is 0.650. The molecule has 0 aromatic heterocycles. The Labute approximate surface area is 144 Å². The number of benzene rings is 1. The van der Waals surface area contributed by atoms with E-state index in [-0.39, 0.29) is 12.1 Å². The summed E-state index contributed by atoms with van der Waals surface area (Å²) in [4.78, 5) is 15.2. The topological polar surface area (TPSA) is 49.8 Å². The summed E-state index contributed by atoms with van der Waals surface area (Å²) in [5, 5.41) is 11.2. The molecular weight excluding hydrogens is 302 g/mol. The molecule has 1 N–H and O–H groups in total. The molecule has 0 spiro atoms. The van der Waals surface area contributed by atoms with Gasteiger partial charge >= 0.3 is 5.97 Å². The molecule has 1 aromatic rings. The fourth-order valence-electron chi connectivity index (χ4n) is 4.21. The molecule has 2 aliphatic rings. The number of aliphatic hydroxyl groups is 1. The number of esters is 1. The molecule has 0 bridgehead atoms. The summed E-state index contributed by atoms with van der Waals surface area (Å²) in [7, 11) is 2.06. The Morgan fingerprint density at radius 2 is 1.92 bits per heavy atom. The number of nitrogens with zero attached hydrogens (tertiary/aromatic N) is 1. The highest BCUT2D eigenvalue weighted by Crippen LogP contribution is 2.41. The Hall–Kier alpha value is -1.39. The van der Waals surface area contributed by atoms with E-state index in [1.54, 1.807) is 0 Å². The van der Waals surface area contributed by atoms with E-state index >= 15 is 0 Å². The lowest BCUT2D eigenvalue weighted by molar-refractivity contribution is -0.162. The number of carbonyl (C=O) groups is 1. The van der Waals surface area contributed by atoms with Gasteiger partial charge in [-0.15, -0.1) is 0 Å². The number of rotatable bonds is 4. The van der Waals surface area contributed by atoms with Crippen LogP contribution < -0.4 is 0 Å². The Bertz CT molecular complexity index is 539. The molecule has 1 aromatic carbocycles. The van der Waals surface area contributed by atoms with Gasteiger partial charge in [0, 0.05) is 6.54 Å². The SMILES string of the molecule is CN1CCC[C@H](OC(=O)[C@@H](c2ccccc2)C2(O)CCCCC2)C1. The molecule has 24 heavy (non-hydrogen) atoms. The van der Waals surface area contributed by atoms with Crippen molar-refractivity contribution in [2.24, 2.45) is 0 Å². The second-order valence-electron chi connectivity index (χ2n) is 7.47. The van der Waals surface area contributed by atoms with E-state index in [0.29, 0.717) is 12.8 Å². The molecule has 1 saturated carbocycles. The van der Waals surface area contributed by atoms with Crippen LogP contribution in [0.15, 0.2) is 30.3 Å². The minimum Gasteiger partial charge on any atom is -0.460 e. The van der Waals surface area contributed by atoms with E-state index in [9.17, 15) is 9.90 Å². The Morgan fingerprint density at radius 3 is 2.58 bits per heavy atom. The smallest absolute Gasteiger partial charge is 0.316 e. The van der Waals surface area contributed by atoms with Gasteiger partial charge < -0.3 is 14.7 Å². The quantitative estimate of drug-likeness (QED) is 0.861. The highest BCUT2D eigenvalue weighted by Gasteiger charge is 2.44. The molecule has 2 fully saturated rings. The fourth-order valence-corrected chi connectivity index (χ4v) is 4.21. The van der Waals surface area contributed by atoms with Crippen LogP contribution in [0.2, 0.25) is 0 Å². The van der Waals surface area contributed by atoms with Gasteiger partial charge in [-0.05, 0) is 44.8 Å². The van der Waals surface area contributed by atoms with Gasteiger partial charge in [-0.3, -0.25) is 4.79 Å². The molecule has 0 unspecified atom stereocenters. The predicted octanol–water partition coefficient (Wildman–Crippen LogP) is 3.10. The standard InChI is InChI=1S/C20H29NO3/c1-21-14-8-11-17(15-21)24-19(22)18(16-9-4-2-5-10-16)20(23)12-6-3-7-13-20/h2,4-5,9-10,17-18,23H,3,6-8,11-15H2,1H3/t17-,18+/m0/s1. The van der Waals surface area contributed by atoms with Crippen LogP contribution in [0.25, 0.3) is 0 Å². The lowest BCUT2D eigenvalue weighted by atomic mass is 9.73. The average molecular weight is 331 g/mol. The van der Waals surface area contributed by atoms with Crippen molar-refractivity contribution >= 4 is 5.97 Å². The summed E-state index contributed by atoms with van der Waals surface area (Å²) >= 11 is 0. The predicted molar refractivity (Wildman–Crippen MR) is 93.8 cm³/mol. The van der Waals surface area contributed by atoms with Crippen LogP contribution in [-0.4, -0.2) is 47.8 Å². The first kappa shape index (κ1) is 17.4. The van der Waals surface area contributed by atoms with E-state index < -0.39 is 11.5 Å². The van der Waals surface area contributed by atoms with Crippen molar-refractivity contribution < 1.29 is 14.6 Å². The minimum atomic E-state index is -0.975. The summed E-state index contributed by atoms with van der Waals surface area (Å²) in [6.45, 7) is 1.84. The van der Waals surface area contributed by atoms with Crippen molar-refractivity contribution in [2.75, 3.05) is 20.1 Å². The maximum atomic E-state index is 13.0. The number of piperidine rings is 1. The van der Waals surface area contributed by atoms with Crippen LogP contribution >= 0.6 is 0 Å². The van der Waals surface area contributed by atoms with Crippen LogP contribution in [0, 0.1) is 0 Å². The molecule has 1 saturated heterocycles. The Balaban J connectivity index is 1.80. The summed E-state index contributed by atoms with van der Waals surface area (Å²) in [6.07, 6.45) is 6.32. The van der Waals surface area contributed by atoms with Crippen molar-refractivity contribution in [3.05, 3.63) is 35.9 Å². The van der Waals surface area contributed by atoms with Crippen molar-refractivity contribution in [2.45, 2.75) is 62.6 Å². The zero-order chi connectivity index (χ0) is 17.0. The maximum Gasteiger partial charge on any atom is 0.316 e. The maximum absolute atomic E-state index is 13.0. The zero-order valence-electron chi connectivity index (χ0n) is 14.6. The number of carbonyl (C=O) groups excluding carboxylic acids is 1. The van der Waals surface area contributed by atoms with E-state index in [2.05, 4.69) is 11.9 Å². The van der Waals surface area contributed by atoms with Gasteiger partial charge in [0.2, 0.25) is 0 Å². The van der Waals surface area contributed by atoms with Gasteiger partial charge in [-0.25, -0.2) is 0 Å². The van der Waals surface area contributed by atoms with Crippen LogP contribution in [0.1, 0.15) is 56.4 Å². The first-order valence-corrected chi connectivity index (χ1v) is 9.25. The normalized spacial score (nSPS) is 25.8. The molecule has 2 atom stereocenters. The number of likely N-dealkylation sites (tertiary alicyclic amines) is 1. The van der Waals surface area contributed by atoms with Crippen molar-refractivity contribution in [1.82, 2.24) is 4.90 Å². The molecule has 3 rings (SSSR count). The van der Waals surface area contributed by atoms with Gasteiger partial charge in [-0.2, -0.15) is 0 Å². The van der Waals surface area contributed by atoms with E-state index in [1.807, 2.05) is 30.3 Å². The van der Waals surface area contributed by atoms with Gasteiger partial charge in [0.15, 0.2) is 0 Å². The highest BCUT2D eigenvalue weighted by atomic mass is 16.5. The van der Waals surface area contributed by atoms with Crippen LogP contribution in [0.5, 0.6) is 0 Å². The molecule has 4 nitrogen and oxygen atoms in total. The average Bonchev–Trinajstić information content (AvgIpc) is 2.56. The molecule has 1 aliphatic heterocycles. The molecule has 1 heterocycles. The van der Waals surface area contributed by atoms with Crippen LogP contribution in [0.4, 0.5) is 0 Å². The zero-order valence-corrected chi connectivity index (χ0v) is 14.6. The van der Waals surface area contributed by atoms with Gasteiger partial charge in [0.1, 0.15) is 12.0 Å². The third-order valence-corrected chi connectivity index (χ3v) is 5.49. The largest absolute Gasteiger partial charge is 0.460 e. The van der Waals surface area contributed by atoms with Gasteiger partial charge in [0.05, 0.1) is 5.60 Å². The minimum absolute atomic E-state index is 0.0605. The van der Waals surface area contributed by atoms with Crippen molar-refractivity contribution in [3.63, 3.8) is 0 Å². The molecule has 0 amide bonds. The van der Waals surface area contributed by atoms with Crippen molar-refractivity contribution in [3.8, 4) is 0 Å². The first-order chi connectivity index (χ1) is 11.6. The number of ether oxygens (including phenoxy) is 1. The third-order valence-electron chi connectivity index (χ3n) is 5.49. The van der Waals surface area contributed by atoms with Crippen LogP contribution in [0.3, 0.4) is 0 Å². The first-order valence-electron chi connectivity index (χ1n) is 9.25. The molecular formula is C20H29NO3. The van der Waals surface area contributed by atoms with E-state index in [0.717, 1.165) is 50.8 Å². The van der Waals surface area contributed by atoms with Crippen LogP contribution in [-0.2, 0) is 9.53 Å². The monoisotopic (exact) mass is 331 g/mol. The van der Waals surface area contributed by atoms with Gasteiger partial charge in [0.25, 0.3) is 0 Å². The van der Waals surface area contributed by atoms with Crippen molar-refractivity contribution in [1.29, 1.82) is 0 Å². The summed E-state index contributed by atoms with van der Waals surface area (Å²) < 4.78 is 5.86. The van der Waals surface area contributed by atoms with E-state index in [4.69, 9.17) is 4.74 Å².